The van der Waals surface area contributed by atoms with E-state index in [0.29, 0.717) is 6.42 Å². The fraction of sp³-hybridized carbons (Fsp3) is 0.925. The van der Waals surface area contributed by atoms with E-state index in [9.17, 15) is 38.2 Å². The van der Waals surface area contributed by atoms with Crippen LogP contribution >= 0.6 is 0 Å². The number of hydrogen-bond acceptors (Lipinski definition) is 10. The molecule has 1 aliphatic heterocycles. The highest BCUT2D eigenvalue weighted by Gasteiger charge is 2.48. The Bertz CT molecular complexity index is 1010. The van der Waals surface area contributed by atoms with Crippen LogP contribution in [-0.4, -0.2) is 95.4 Å². The number of aliphatic hydroxyl groups is 4. The highest BCUT2D eigenvalue weighted by atomic mass is 32.3. The van der Waals surface area contributed by atoms with Crippen LogP contribution < -0.4 is 5.32 Å². The lowest BCUT2D eigenvalue weighted by atomic mass is 9.99. The Kier molecular flexibility index (Phi) is 30.1. The molecule has 0 aliphatic carbocycles. The van der Waals surface area contributed by atoms with Gasteiger partial charge in [-0.05, 0) is 19.3 Å². The van der Waals surface area contributed by atoms with Crippen LogP contribution in [0.2, 0.25) is 0 Å². The second kappa shape index (κ2) is 32.0. The van der Waals surface area contributed by atoms with Crippen molar-refractivity contribution in [3.63, 3.8) is 0 Å². The number of carbonyl (C=O) groups is 1. The Morgan fingerprint density at radius 1 is 0.736 bits per heavy atom. The largest absolute Gasteiger partial charge is 0.397 e. The molecule has 0 saturated carbocycles. The lowest BCUT2D eigenvalue weighted by molar-refractivity contribution is -0.297. The molecule has 0 radical (unpaired) electrons. The molecule has 53 heavy (non-hydrogen) atoms. The molecule has 0 aromatic carbocycles. The highest BCUT2D eigenvalue weighted by molar-refractivity contribution is 7.80. The summed E-state index contributed by atoms with van der Waals surface area (Å²) in [6, 6.07) is -0.968. The summed E-state index contributed by atoms with van der Waals surface area (Å²) in [6.07, 6.45) is 23.8. The van der Waals surface area contributed by atoms with Gasteiger partial charge in [0.05, 0.1) is 25.4 Å². The molecule has 1 amide bonds. The quantitative estimate of drug-likeness (QED) is 0.0216. The molecule has 1 fully saturated rings. The van der Waals surface area contributed by atoms with E-state index in [1.165, 1.54) is 116 Å². The van der Waals surface area contributed by atoms with Crippen LogP contribution in [0.5, 0.6) is 0 Å². The lowest BCUT2D eigenvalue weighted by Crippen LogP contribution is -2.61. The third kappa shape index (κ3) is 25.6. The van der Waals surface area contributed by atoms with E-state index in [4.69, 9.17) is 9.47 Å². The van der Waals surface area contributed by atoms with Gasteiger partial charge in [-0.2, -0.15) is 8.42 Å². The van der Waals surface area contributed by atoms with Crippen molar-refractivity contribution in [1.82, 2.24) is 5.32 Å². The zero-order valence-electron chi connectivity index (χ0n) is 33.1. The lowest BCUT2D eigenvalue weighted by Gasteiger charge is -2.41. The van der Waals surface area contributed by atoms with Gasteiger partial charge in [-0.1, -0.05) is 167 Å². The van der Waals surface area contributed by atoms with E-state index in [0.717, 1.165) is 38.5 Å². The van der Waals surface area contributed by atoms with Crippen LogP contribution in [0, 0.1) is 0 Å². The van der Waals surface area contributed by atoms with E-state index < -0.39 is 59.9 Å². The van der Waals surface area contributed by atoms with Gasteiger partial charge in [-0.15, -0.1) is 0 Å². The molecule has 0 spiro atoms. The Labute approximate surface area is 321 Å². The summed E-state index contributed by atoms with van der Waals surface area (Å²) in [5.74, 6) is -0.279. The van der Waals surface area contributed by atoms with Gasteiger partial charge >= 0.3 is 10.4 Å². The maximum absolute atomic E-state index is 13.0. The van der Waals surface area contributed by atoms with Gasteiger partial charge in [-0.3, -0.25) is 9.35 Å². The van der Waals surface area contributed by atoms with E-state index in [2.05, 4.69) is 23.3 Å². The summed E-state index contributed by atoms with van der Waals surface area (Å²) < 4.78 is 47.9. The molecule has 0 bridgehead atoms. The Morgan fingerprint density at radius 2 is 1.19 bits per heavy atom. The van der Waals surface area contributed by atoms with Crippen molar-refractivity contribution in [1.29, 1.82) is 0 Å². The zero-order chi connectivity index (χ0) is 39.2. The van der Waals surface area contributed by atoms with Crippen molar-refractivity contribution < 1.29 is 51.8 Å². The molecule has 0 aromatic heterocycles. The molecule has 1 rings (SSSR count). The first kappa shape index (κ1) is 49.9. The van der Waals surface area contributed by atoms with Crippen molar-refractivity contribution in [3.05, 3.63) is 12.2 Å². The fourth-order valence-corrected chi connectivity index (χ4v) is 7.22. The number of allylic oxidation sites excluding steroid dienone is 1. The number of rotatable bonds is 35. The summed E-state index contributed by atoms with van der Waals surface area (Å²) in [5.41, 5.74) is 0. The minimum absolute atomic E-state index is 0.259. The average molecular weight is 780 g/mol. The standard InChI is InChI=1S/C40H77NO11S/c1-3-5-7-9-11-13-15-17-19-21-23-25-27-29-34(43)33(32-50-40-39(52-53(47,48)49)38(46)37(45)35(31-42)51-40)41-36(44)30-28-26-24-22-20-18-16-14-12-10-8-6-4-2/h27,29,33-35,37-40,42-43,45-46H,3-26,28,30-32H2,1-2H3,(H,41,44)(H,47,48,49)/b29-27+/t33-,34+,35?,37?,38?,39?,40?/m0/s1. The molecule has 12 nitrogen and oxygen atoms in total. The molecule has 1 aliphatic rings. The topological polar surface area (TPSA) is 192 Å². The predicted molar refractivity (Wildman–Crippen MR) is 209 cm³/mol. The van der Waals surface area contributed by atoms with Gasteiger partial charge in [0.2, 0.25) is 5.91 Å². The summed E-state index contributed by atoms with van der Waals surface area (Å²) in [6.45, 7) is 3.36. The van der Waals surface area contributed by atoms with Crippen LogP contribution in [0.3, 0.4) is 0 Å². The number of aliphatic hydroxyl groups excluding tert-OH is 4. The number of nitrogens with one attached hydrogen (secondary N) is 1. The second-order valence-corrected chi connectivity index (χ2v) is 16.0. The van der Waals surface area contributed by atoms with Crippen molar-refractivity contribution in [3.8, 4) is 0 Å². The maximum Gasteiger partial charge on any atom is 0.397 e. The maximum atomic E-state index is 13.0. The minimum atomic E-state index is -5.09. The fourth-order valence-electron chi connectivity index (χ4n) is 6.74. The van der Waals surface area contributed by atoms with Gasteiger partial charge in [0.1, 0.15) is 18.3 Å². The molecule has 7 atom stereocenters. The van der Waals surface area contributed by atoms with Gasteiger partial charge in [-0.25, -0.2) is 4.18 Å². The second-order valence-electron chi connectivity index (χ2n) is 14.9. The highest BCUT2D eigenvalue weighted by Crippen LogP contribution is 2.26. The summed E-state index contributed by atoms with van der Waals surface area (Å²) in [4.78, 5) is 13.0. The van der Waals surface area contributed by atoms with Crippen LogP contribution in [-0.2, 0) is 28.9 Å². The van der Waals surface area contributed by atoms with Crippen LogP contribution in [0.25, 0.3) is 0 Å². The van der Waals surface area contributed by atoms with E-state index >= 15 is 0 Å². The third-order valence-corrected chi connectivity index (χ3v) is 10.5. The Balaban J connectivity index is 2.62. The van der Waals surface area contributed by atoms with E-state index in [1.54, 1.807) is 6.08 Å². The van der Waals surface area contributed by atoms with Crippen molar-refractivity contribution >= 4 is 16.3 Å². The molecule has 1 saturated heterocycles. The first-order valence-corrected chi connectivity index (χ1v) is 22.4. The predicted octanol–water partition coefficient (Wildman–Crippen LogP) is 7.21. The first-order chi connectivity index (χ1) is 25.5. The molecular weight excluding hydrogens is 703 g/mol. The van der Waals surface area contributed by atoms with E-state index in [1.807, 2.05) is 6.08 Å². The summed E-state index contributed by atoms with van der Waals surface area (Å²) in [5, 5.41) is 44.2. The SMILES string of the molecule is CCCCCCCCCCCCC/C=C/[C@@H](O)[C@H](COC1OC(CO)C(O)C(O)C1OS(=O)(=O)O)NC(=O)CCCCCCCCCCCCCCC. The molecule has 5 unspecified atom stereocenters. The minimum Gasteiger partial charge on any atom is -0.394 e. The number of amides is 1. The molecule has 0 aromatic rings. The van der Waals surface area contributed by atoms with E-state index in [-0.39, 0.29) is 18.9 Å². The summed E-state index contributed by atoms with van der Waals surface area (Å²) >= 11 is 0. The van der Waals surface area contributed by atoms with Crippen molar-refractivity contribution in [2.45, 2.75) is 224 Å². The van der Waals surface area contributed by atoms with Crippen molar-refractivity contribution in [2.24, 2.45) is 0 Å². The Hall–Kier alpha value is -1.16. The number of hydrogen-bond donors (Lipinski definition) is 6. The summed E-state index contributed by atoms with van der Waals surface area (Å²) in [7, 11) is -5.09. The molecule has 13 heteroatoms. The molecule has 1 heterocycles. The number of ether oxygens (including phenoxy) is 2. The number of carbonyl (C=O) groups excluding carboxylic acids is 1. The monoisotopic (exact) mass is 780 g/mol. The van der Waals surface area contributed by atoms with Gasteiger partial charge in [0.15, 0.2) is 12.4 Å². The van der Waals surface area contributed by atoms with Crippen LogP contribution in [0.4, 0.5) is 0 Å². The normalized spacial score (nSPS) is 22.0. The first-order valence-electron chi connectivity index (χ1n) is 21.1. The van der Waals surface area contributed by atoms with Gasteiger partial charge in [0, 0.05) is 6.42 Å². The Morgan fingerprint density at radius 3 is 1.64 bits per heavy atom. The third-order valence-electron chi connectivity index (χ3n) is 10.1. The van der Waals surface area contributed by atoms with Crippen LogP contribution in [0.15, 0.2) is 12.2 Å². The molecule has 314 valence electrons. The van der Waals surface area contributed by atoms with Gasteiger partial charge < -0.3 is 35.2 Å². The average Bonchev–Trinajstić information content (AvgIpc) is 3.12. The number of unbranched alkanes of at least 4 members (excludes halogenated alkanes) is 23. The zero-order valence-corrected chi connectivity index (χ0v) is 33.9. The molecule has 6 N–H and O–H groups in total. The van der Waals surface area contributed by atoms with Crippen molar-refractivity contribution in [2.75, 3.05) is 13.2 Å². The van der Waals surface area contributed by atoms with Gasteiger partial charge in [0.25, 0.3) is 0 Å². The molecular formula is C40H77NO11S. The smallest absolute Gasteiger partial charge is 0.394 e. The van der Waals surface area contributed by atoms with Crippen LogP contribution in [0.1, 0.15) is 181 Å².